The number of amides is 2. The number of hydrogen-bond donors (Lipinski definition) is 2. The van der Waals surface area contributed by atoms with Gasteiger partial charge in [0.15, 0.2) is 11.5 Å². The van der Waals surface area contributed by atoms with Crippen LogP contribution < -0.4 is 20.1 Å². The van der Waals surface area contributed by atoms with Gasteiger partial charge in [0.1, 0.15) is 0 Å². The number of carbonyl (C=O) groups excluding carboxylic acids is 2. The molecule has 0 heterocycles. The van der Waals surface area contributed by atoms with Crippen molar-refractivity contribution in [3.8, 4) is 11.5 Å². The molecule has 0 aromatic heterocycles. The molecule has 0 radical (unpaired) electrons. The van der Waals surface area contributed by atoms with Crippen LogP contribution in [0.1, 0.15) is 40.9 Å². The van der Waals surface area contributed by atoms with Gasteiger partial charge in [-0.05, 0) is 56.0 Å². The molecule has 2 N–H and O–H groups in total. The maximum absolute atomic E-state index is 12.4. The highest BCUT2D eigenvalue weighted by Gasteiger charge is 2.14. The predicted molar refractivity (Wildman–Crippen MR) is 115 cm³/mol. The molecule has 156 valence electrons. The summed E-state index contributed by atoms with van der Waals surface area (Å²) in [6.07, 6.45) is 0. The lowest BCUT2D eigenvalue weighted by atomic mass is 10.1. The topological polar surface area (TPSA) is 76.7 Å². The third-order valence-electron chi connectivity index (χ3n) is 4.35. The van der Waals surface area contributed by atoms with Crippen LogP contribution in [0.4, 0.5) is 5.69 Å². The van der Waals surface area contributed by atoms with E-state index in [0.29, 0.717) is 29.6 Å². The molecule has 0 bridgehead atoms. The van der Waals surface area contributed by atoms with Gasteiger partial charge in [-0.15, -0.1) is 0 Å². The highest BCUT2D eigenvalue weighted by Crippen LogP contribution is 2.28. The van der Waals surface area contributed by atoms with Crippen molar-refractivity contribution in [1.82, 2.24) is 5.32 Å². The van der Waals surface area contributed by atoms with Gasteiger partial charge in [-0.1, -0.05) is 31.5 Å². The predicted octanol–water partition coefficient (Wildman–Crippen LogP) is 4.02. The Morgan fingerprint density at radius 1 is 1.00 bits per heavy atom. The molecule has 0 fully saturated rings. The zero-order valence-electron chi connectivity index (χ0n) is 18.0. The Labute approximate surface area is 172 Å². The van der Waals surface area contributed by atoms with Gasteiger partial charge in [0, 0.05) is 11.3 Å². The van der Waals surface area contributed by atoms with Crippen LogP contribution in [-0.2, 0) is 4.79 Å². The average molecular weight is 399 g/mol. The SMILES string of the molecule is COc1cc(C(=O)NCC(=O)Nc2c(C)cc(C)cc2C)ccc1OCC(C)C. The van der Waals surface area contributed by atoms with E-state index in [2.05, 4.69) is 24.5 Å². The first-order chi connectivity index (χ1) is 13.7. The lowest BCUT2D eigenvalue weighted by Gasteiger charge is -2.14. The van der Waals surface area contributed by atoms with Crippen LogP contribution in [0.15, 0.2) is 30.3 Å². The molecular weight excluding hydrogens is 368 g/mol. The minimum absolute atomic E-state index is 0.125. The Bertz CT molecular complexity index is 867. The van der Waals surface area contributed by atoms with Crippen LogP contribution in [-0.4, -0.2) is 32.1 Å². The number of anilines is 1. The molecule has 0 aliphatic heterocycles. The second-order valence-electron chi connectivity index (χ2n) is 7.58. The van der Waals surface area contributed by atoms with Crippen molar-refractivity contribution in [1.29, 1.82) is 0 Å². The van der Waals surface area contributed by atoms with Crippen molar-refractivity contribution in [2.75, 3.05) is 25.6 Å². The second kappa shape index (κ2) is 9.96. The Morgan fingerprint density at radius 3 is 2.24 bits per heavy atom. The van der Waals surface area contributed by atoms with Gasteiger partial charge < -0.3 is 20.1 Å². The number of ether oxygens (including phenoxy) is 2. The quantitative estimate of drug-likeness (QED) is 0.704. The lowest BCUT2D eigenvalue weighted by molar-refractivity contribution is -0.115. The Morgan fingerprint density at radius 2 is 1.66 bits per heavy atom. The van der Waals surface area contributed by atoms with E-state index in [-0.39, 0.29) is 18.4 Å². The fraction of sp³-hybridized carbons (Fsp3) is 0.391. The van der Waals surface area contributed by atoms with Crippen molar-refractivity contribution in [2.45, 2.75) is 34.6 Å². The van der Waals surface area contributed by atoms with E-state index < -0.39 is 0 Å². The first kappa shape index (κ1) is 22.3. The smallest absolute Gasteiger partial charge is 0.251 e. The first-order valence-corrected chi connectivity index (χ1v) is 9.68. The minimum Gasteiger partial charge on any atom is -0.493 e. The fourth-order valence-electron chi connectivity index (χ4n) is 3.01. The van der Waals surface area contributed by atoms with Crippen LogP contribution in [0.25, 0.3) is 0 Å². The summed E-state index contributed by atoms with van der Waals surface area (Å²) in [7, 11) is 1.53. The second-order valence-corrected chi connectivity index (χ2v) is 7.58. The first-order valence-electron chi connectivity index (χ1n) is 9.68. The molecule has 0 unspecified atom stereocenters. The molecule has 0 saturated heterocycles. The van der Waals surface area contributed by atoms with Crippen molar-refractivity contribution < 1.29 is 19.1 Å². The van der Waals surface area contributed by atoms with E-state index in [9.17, 15) is 9.59 Å². The van der Waals surface area contributed by atoms with Gasteiger partial charge in [-0.2, -0.15) is 0 Å². The minimum atomic E-state index is -0.355. The molecule has 6 heteroatoms. The largest absolute Gasteiger partial charge is 0.493 e. The molecule has 2 amide bonds. The number of rotatable bonds is 8. The molecule has 6 nitrogen and oxygen atoms in total. The summed E-state index contributed by atoms with van der Waals surface area (Å²) in [5.41, 5.74) is 4.30. The van der Waals surface area contributed by atoms with E-state index in [1.54, 1.807) is 18.2 Å². The molecule has 2 aromatic carbocycles. The van der Waals surface area contributed by atoms with Crippen molar-refractivity contribution in [3.63, 3.8) is 0 Å². The fourth-order valence-corrected chi connectivity index (χ4v) is 3.01. The third-order valence-corrected chi connectivity index (χ3v) is 4.35. The lowest BCUT2D eigenvalue weighted by Crippen LogP contribution is -2.33. The molecule has 2 rings (SSSR count). The summed E-state index contributed by atoms with van der Waals surface area (Å²) >= 11 is 0. The zero-order chi connectivity index (χ0) is 21.6. The summed E-state index contributed by atoms with van der Waals surface area (Å²) in [6.45, 7) is 10.4. The maximum Gasteiger partial charge on any atom is 0.251 e. The molecule has 0 aliphatic carbocycles. The highest BCUT2D eigenvalue weighted by atomic mass is 16.5. The van der Waals surface area contributed by atoms with Crippen LogP contribution in [0.5, 0.6) is 11.5 Å². The average Bonchev–Trinajstić information content (AvgIpc) is 2.67. The zero-order valence-corrected chi connectivity index (χ0v) is 18.0. The monoisotopic (exact) mass is 398 g/mol. The molecular formula is C23H30N2O4. The summed E-state index contributed by atoms with van der Waals surface area (Å²) in [5, 5.41) is 5.52. The molecule has 0 aliphatic rings. The van der Waals surface area contributed by atoms with Gasteiger partial charge in [0.2, 0.25) is 5.91 Å². The highest BCUT2D eigenvalue weighted by molar-refractivity contribution is 6.00. The van der Waals surface area contributed by atoms with Crippen molar-refractivity contribution in [3.05, 3.63) is 52.6 Å². The normalized spacial score (nSPS) is 10.6. The summed E-state index contributed by atoms with van der Waals surface area (Å²) in [6, 6.07) is 8.98. The Hall–Kier alpha value is -3.02. The number of aryl methyl sites for hydroxylation is 3. The molecule has 0 saturated carbocycles. The van der Waals surface area contributed by atoms with Gasteiger partial charge in [-0.3, -0.25) is 9.59 Å². The number of hydrogen-bond acceptors (Lipinski definition) is 4. The van der Waals surface area contributed by atoms with Gasteiger partial charge >= 0.3 is 0 Å². The van der Waals surface area contributed by atoms with Crippen LogP contribution >= 0.6 is 0 Å². The molecule has 0 atom stereocenters. The maximum atomic E-state index is 12.4. The van der Waals surface area contributed by atoms with Gasteiger partial charge in [0.05, 0.1) is 20.3 Å². The van der Waals surface area contributed by atoms with E-state index >= 15 is 0 Å². The van der Waals surface area contributed by atoms with Crippen LogP contribution in [0.3, 0.4) is 0 Å². The van der Waals surface area contributed by atoms with Gasteiger partial charge in [-0.25, -0.2) is 0 Å². The molecule has 29 heavy (non-hydrogen) atoms. The van der Waals surface area contributed by atoms with E-state index in [0.717, 1.165) is 22.4 Å². The van der Waals surface area contributed by atoms with E-state index in [1.165, 1.54) is 7.11 Å². The van der Waals surface area contributed by atoms with Crippen molar-refractivity contribution in [2.24, 2.45) is 5.92 Å². The number of benzene rings is 2. The summed E-state index contributed by atoms with van der Waals surface area (Å²) in [5.74, 6) is 0.805. The number of carbonyl (C=O) groups is 2. The Kier molecular flexibility index (Phi) is 7.65. The van der Waals surface area contributed by atoms with Crippen LogP contribution in [0.2, 0.25) is 0 Å². The van der Waals surface area contributed by atoms with Crippen molar-refractivity contribution >= 4 is 17.5 Å². The standard InChI is InChI=1S/C23H30N2O4/c1-14(2)13-29-19-8-7-18(11-20(19)28-6)23(27)24-12-21(26)25-22-16(4)9-15(3)10-17(22)5/h7-11,14H,12-13H2,1-6H3,(H,24,27)(H,25,26). The number of nitrogens with one attached hydrogen (secondary N) is 2. The van der Waals surface area contributed by atoms with E-state index in [1.807, 2.05) is 32.9 Å². The summed E-state index contributed by atoms with van der Waals surface area (Å²) < 4.78 is 11.0. The number of methoxy groups -OCH3 is 1. The molecule has 0 spiro atoms. The Balaban J connectivity index is 1.99. The van der Waals surface area contributed by atoms with E-state index in [4.69, 9.17) is 9.47 Å². The third kappa shape index (κ3) is 6.24. The molecule has 2 aromatic rings. The van der Waals surface area contributed by atoms with Crippen LogP contribution in [0, 0.1) is 26.7 Å². The summed E-state index contributed by atoms with van der Waals surface area (Å²) in [4.78, 5) is 24.7. The van der Waals surface area contributed by atoms with Gasteiger partial charge in [0.25, 0.3) is 5.91 Å².